The van der Waals surface area contributed by atoms with Gasteiger partial charge in [0.25, 0.3) is 5.91 Å². The Bertz CT molecular complexity index is 990. The molecule has 10 heteroatoms. The molecule has 0 saturated carbocycles. The zero-order valence-corrected chi connectivity index (χ0v) is 19.9. The van der Waals surface area contributed by atoms with Crippen molar-refractivity contribution in [3.05, 3.63) is 46.0 Å². The van der Waals surface area contributed by atoms with Gasteiger partial charge in [0.2, 0.25) is 11.2 Å². The number of aromatic nitrogens is 2. The maximum atomic E-state index is 12.7. The van der Waals surface area contributed by atoms with Crippen LogP contribution < -0.4 is 5.32 Å². The molecule has 2 amide bonds. The number of carbonyl (C=O) groups excluding carboxylic acids is 2. The number of halogens is 2. The van der Waals surface area contributed by atoms with Gasteiger partial charge in [0.1, 0.15) is 5.75 Å². The lowest BCUT2D eigenvalue weighted by Gasteiger charge is -2.35. The Balaban J connectivity index is 1.57. The zero-order valence-electron chi connectivity index (χ0n) is 18.4. The van der Waals surface area contributed by atoms with Crippen molar-refractivity contribution in [3.63, 3.8) is 0 Å². The highest BCUT2D eigenvalue weighted by Gasteiger charge is 2.26. The molecule has 2 N–H and O–H groups in total. The van der Waals surface area contributed by atoms with Crippen LogP contribution in [-0.2, 0) is 10.2 Å². The maximum absolute atomic E-state index is 12.7. The number of piperazine rings is 1. The molecule has 8 nitrogen and oxygen atoms in total. The summed E-state index contributed by atoms with van der Waals surface area (Å²) in [5.41, 5.74) is 1.58. The number of nitrogens with one attached hydrogen (secondary N) is 1. The van der Waals surface area contributed by atoms with Gasteiger partial charge in [-0.2, -0.15) is 0 Å². The molecule has 2 aromatic rings. The molecule has 1 aliphatic rings. The topological polar surface area (TPSA) is 98.7 Å². The van der Waals surface area contributed by atoms with Gasteiger partial charge in [0.15, 0.2) is 0 Å². The van der Waals surface area contributed by atoms with Crippen LogP contribution in [0.4, 0.5) is 5.69 Å². The molecule has 3 rings (SSSR count). The fraction of sp³-hybridized carbons (Fsp3) is 0.455. The van der Waals surface area contributed by atoms with Crippen LogP contribution in [0.2, 0.25) is 10.3 Å². The van der Waals surface area contributed by atoms with E-state index in [1.807, 2.05) is 0 Å². The number of phenols is 1. The number of hydrogen-bond donors (Lipinski definition) is 2. The van der Waals surface area contributed by atoms with E-state index < -0.39 is 0 Å². The number of aromatic hydroxyl groups is 1. The van der Waals surface area contributed by atoms with Gasteiger partial charge in [-0.15, -0.1) is 0 Å². The van der Waals surface area contributed by atoms with Gasteiger partial charge in [-0.1, -0.05) is 32.4 Å². The SMILES string of the molecule is CCC(C)(C)c1cc(NCC(=O)N2CCN(C(=O)c3cnc(Cl)nc3)CC2)c(O)cc1Cl. The summed E-state index contributed by atoms with van der Waals surface area (Å²) in [7, 11) is 0. The fourth-order valence-corrected chi connectivity index (χ4v) is 3.97. The molecular weight excluding hydrogens is 453 g/mol. The van der Waals surface area contributed by atoms with E-state index in [2.05, 4.69) is 36.1 Å². The van der Waals surface area contributed by atoms with E-state index in [1.165, 1.54) is 18.5 Å². The molecule has 0 radical (unpaired) electrons. The highest BCUT2D eigenvalue weighted by Crippen LogP contribution is 2.38. The van der Waals surface area contributed by atoms with Crippen LogP contribution >= 0.6 is 23.2 Å². The van der Waals surface area contributed by atoms with Crippen molar-refractivity contribution >= 4 is 40.7 Å². The van der Waals surface area contributed by atoms with Crippen LogP contribution in [0.3, 0.4) is 0 Å². The Labute approximate surface area is 197 Å². The average molecular weight is 480 g/mol. The van der Waals surface area contributed by atoms with E-state index in [4.69, 9.17) is 23.2 Å². The van der Waals surface area contributed by atoms with E-state index in [0.717, 1.165) is 12.0 Å². The second-order valence-corrected chi connectivity index (χ2v) is 9.10. The predicted molar refractivity (Wildman–Crippen MR) is 124 cm³/mol. The second kappa shape index (κ2) is 9.92. The molecule has 0 atom stereocenters. The minimum atomic E-state index is -0.191. The Hall–Kier alpha value is -2.58. The van der Waals surface area contributed by atoms with Crippen LogP contribution in [0.15, 0.2) is 24.5 Å². The number of hydrogen-bond acceptors (Lipinski definition) is 6. The molecule has 1 fully saturated rings. The number of phenolic OH excluding ortho intramolecular Hbond substituents is 1. The highest BCUT2D eigenvalue weighted by molar-refractivity contribution is 6.31. The Kier molecular flexibility index (Phi) is 7.46. The monoisotopic (exact) mass is 479 g/mol. The summed E-state index contributed by atoms with van der Waals surface area (Å²) in [5.74, 6) is -0.305. The first-order valence-electron chi connectivity index (χ1n) is 10.4. The Morgan fingerprint density at radius 2 is 1.69 bits per heavy atom. The quantitative estimate of drug-likeness (QED) is 0.485. The molecule has 0 bridgehead atoms. The summed E-state index contributed by atoms with van der Waals surface area (Å²) < 4.78 is 0. The maximum Gasteiger partial charge on any atom is 0.257 e. The molecular formula is C22H27Cl2N5O3. The number of benzene rings is 1. The van der Waals surface area contributed by atoms with E-state index >= 15 is 0 Å². The normalized spacial score (nSPS) is 14.4. The molecule has 2 heterocycles. The van der Waals surface area contributed by atoms with Crippen molar-refractivity contribution in [1.82, 2.24) is 19.8 Å². The average Bonchev–Trinajstić information content (AvgIpc) is 2.78. The third-order valence-electron chi connectivity index (χ3n) is 5.92. The number of carbonyl (C=O) groups is 2. The van der Waals surface area contributed by atoms with Crippen LogP contribution in [0, 0.1) is 0 Å². The van der Waals surface area contributed by atoms with Crippen molar-refractivity contribution in [2.75, 3.05) is 38.0 Å². The van der Waals surface area contributed by atoms with Crippen molar-refractivity contribution in [3.8, 4) is 5.75 Å². The Morgan fingerprint density at radius 1 is 1.09 bits per heavy atom. The molecule has 1 aliphatic heterocycles. The largest absolute Gasteiger partial charge is 0.506 e. The van der Waals surface area contributed by atoms with E-state index in [1.54, 1.807) is 15.9 Å². The third kappa shape index (κ3) is 5.42. The van der Waals surface area contributed by atoms with Gasteiger partial charge < -0.3 is 20.2 Å². The summed E-state index contributed by atoms with van der Waals surface area (Å²) in [5, 5.41) is 13.9. The smallest absolute Gasteiger partial charge is 0.257 e. The lowest BCUT2D eigenvalue weighted by atomic mass is 9.82. The first-order valence-corrected chi connectivity index (χ1v) is 11.2. The van der Waals surface area contributed by atoms with Crippen molar-refractivity contribution in [1.29, 1.82) is 0 Å². The molecule has 172 valence electrons. The summed E-state index contributed by atoms with van der Waals surface area (Å²) in [6.07, 6.45) is 3.67. The molecule has 1 aromatic heterocycles. The van der Waals surface area contributed by atoms with Gasteiger partial charge in [-0.25, -0.2) is 9.97 Å². The lowest BCUT2D eigenvalue weighted by Crippen LogP contribution is -2.51. The van der Waals surface area contributed by atoms with E-state index in [0.29, 0.717) is 42.5 Å². The minimum Gasteiger partial charge on any atom is -0.506 e. The standard InChI is InChI=1S/C22H27Cl2N5O3/c1-4-22(2,3)15-9-17(18(30)10-16(15)23)25-13-19(31)28-5-7-29(8-6-28)20(32)14-11-26-21(24)27-12-14/h9-12,25,30H,4-8,13H2,1-3H3. The lowest BCUT2D eigenvalue weighted by molar-refractivity contribution is -0.130. The number of rotatable bonds is 6. The fourth-order valence-electron chi connectivity index (χ4n) is 3.46. The van der Waals surface area contributed by atoms with Gasteiger partial charge in [0.05, 0.1) is 17.8 Å². The first kappa shape index (κ1) is 24.1. The number of amides is 2. The zero-order chi connectivity index (χ0) is 23.5. The van der Waals surface area contributed by atoms with Crippen molar-refractivity contribution in [2.24, 2.45) is 0 Å². The molecule has 0 unspecified atom stereocenters. The van der Waals surface area contributed by atoms with Crippen molar-refractivity contribution in [2.45, 2.75) is 32.6 Å². The first-order chi connectivity index (χ1) is 15.1. The van der Waals surface area contributed by atoms with Gasteiger partial charge in [0, 0.05) is 49.7 Å². The van der Waals surface area contributed by atoms with Gasteiger partial charge >= 0.3 is 0 Å². The summed E-state index contributed by atoms with van der Waals surface area (Å²) in [4.78, 5) is 36.3. The van der Waals surface area contributed by atoms with Crippen LogP contribution in [0.5, 0.6) is 5.75 Å². The van der Waals surface area contributed by atoms with Crippen molar-refractivity contribution < 1.29 is 14.7 Å². The van der Waals surface area contributed by atoms with Gasteiger partial charge in [-0.05, 0) is 35.1 Å². The van der Waals surface area contributed by atoms with Crippen LogP contribution in [-0.4, -0.2) is 69.4 Å². The number of nitrogens with zero attached hydrogens (tertiary/aromatic N) is 4. The molecule has 1 aromatic carbocycles. The van der Waals surface area contributed by atoms with E-state index in [9.17, 15) is 14.7 Å². The van der Waals surface area contributed by atoms with Gasteiger partial charge in [-0.3, -0.25) is 9.59 Å². The minimum absolute atomic E-state index is 0.000877. The van der Waals surface area contributed by atoms with Crippen LogP contribution in [0.1, 0.15) is 43.1 Å². The molecule has 0 spiro atoms. The number of anilines is 1. The Morgan fingerprint density at radius 3 is 2.28 bits per heavy atom. The summed E-state index contributed by atoms with van der Waals surface area (Å²) in [6.45, 7) is 7.92. The molecule has 0 aliphatic carbocycles. The second-order valence-electron chi connectivity index (χ2n) is 8.35. The summed E-state index contributed by atoms with van der Waals surface area (Å²) >= 11 is 12.0. The third-order valence-corrected chi connectivity index (χ3v) is 6.42. The molecule has 32 heavy (non-hydrogen) atoms. The summed E-state index contributed by atoms with van der Waals surface area (Å²) in [6, 6.07) is 3.31. The van der Waals surface area contributed by atoms with E-state index in [-0.39, 0.29) is 34.8 Å². The predicted octanol–water partition coefficient (Wildman–Crippen LogP) is 3.57. The van der Waals surface area contributed by atoms with Crippen LogP contribution in [0.25, 0.3) is 0 Å². The highest BCUT2D eigenvalue weighted by atomic mass is 35.5. The molecule has 1 saturated heterocycles.